The van der Waals surface area contributed by atoms with Crippen molar-refractivity contribution in [3.05, 3.63) is 75.2 Å². The maximum Gasteiger partial charge on any atom is 0.293 e. The molecule has 4 aliphatic heterocycles. The Labute approximate surface area is 334 Å². The molecule has 4 amide bonds. The lowest BCUT2D eigenvalue weighted by Crippen LogP contribution is -2.52. The maximum atomic E-state index is 13.6. The van der Waals surface area contributed by atoms with Crippen molar-refractivity contribution < 1.29 is 23.9 Å². The van der Waals surface area contributed by atoms with Crippen molar-refractivity contribution in [1.82, 2.24) is 29.7 Å². The number of piperidine rings is 3. The van der Waals surface area contributed by atoms with E-state index in [1.165, 1.54) is 0 Å². The quantitative estimate of drug-likeness (QED) is 0.194. The highest BCUT2D eigenvalue weighted by Gasteiger charge is 2.39. The first-order valence-corrected chi connectivity index (χ1v) is 20.1. The van der Waals surface area contributed by atoms with Gasteiger partial charge in [-0.3, -0.25) is 29.3 Å². The molecule has 3 saturated heterocycles. The van der Waals surface area contributed by atoms with Gasteiger partial charge in [-0.25, -0.2) is 4.98 Å². The van der Waals surface area contributed by atoms with Crippen molar-refractivity contribution in [3.63, 3.8) is 0 Å². The van der Waals surface area contributed by atoms with Crippen LogP contribution in [-0.4, -0.2) is 93.3 Å². The molecule has 0 spiro atoms. The van der Waals surface area contributed by atoms with E-state index in [9.17, 15) is 24.0 Å². The summed E-state index contributed by atoms with van der Waals surface area (Å²) in [6, 6.07) is 12.5. The summed E-state index contributed by atoms with van der Waals surface area (Å²) in [7, 11) is 1.72. The molecular formula is C41H46ClN9O6. The van der Waals surface area contributed by atoms with Gasteiger partial charge in [0.2, 0.25) is 23.7 Å². The van der Waals surface area contributed by atoms with Crippen molar-refractivity contribution in [3.8, 4) is 5.75 Å². The number of carbonyl (C=O) groups is 4. The Kier molecular flexibility index (Phi) is 10.7. The van der Waals surface area contributed by atoms with Gasteiger partial charge >= 0.3 is 0 Å². The van der Waals surface area contributed by atoms with Crippen LogP contribution in [0.4, 0.5) is 23.1 Å². The van der Waals surface area contributed by atoms with Gasteiger partial charge in [0.15, 0.2) is 11.6 Å². The van der Waals surface area contributed by atoms with E-state index < -0.39 is 11.9 Å². The smallest absolute Gasteiger partial charge is 0.293 e. The third-order valence-electron chi connectivity index (χ3n) is 11.7. The molecule has 2 aromatic heterocycles. The Morgan fingerprint density at radius 2 is 1.74 bits per heavy atom. The van der Waals surface area contributed by atoms with Gasteiger partial charge in [-0.2, -0.15) is 4.98 Å². The maximum absolute atomic E-state index is 13.6. The van der Waals surface area contributed by atoms with Crippen molar-refractivity contribution in [2.24, 2.45) is 18.9 Å². The standard InChI is InChI=1S/C41H46ClN9O6/c1-3-57-34-20-26-18-29(5-7-32(26)48(2)40(34)56)45-36-31(42)22-44-41(47-36)50-16-12-25(13-17-50)38(54)49-14-10-24(11-15-49)21-43-28-4-6-30-27(19-28)23-51(39(30)55)33-8-9-35(52)46-37(33)53/h4-7,18-20,22,24-25,33,43H,3,8-17,21,23H2,1-2H3,(H,44,45,47)(H,46,52,53). The fourth-order valence-electron chi connectivity index (χ4n) is 8.41. The highest BCUT2D eigenvalue weighted by atomic mass is 35.5. The second-order valence-corrected chi connectivity index (χ2v) is 15.7. The third kappa shape index (κ3) is 7.85. The van der Waals surface area contributed by atoms with Crippen LogP contribution in [-0.2, 0) is 28.0 Å². The monoisotopic (exact) mass is 795 g/mol. The zero-order chi connectivity index (χ0) is 39.8. The van der Waals surface area contributed by atoms with E-state index in [2.05, 4.69) is 25.8 Å². The summed E-state index contributed by atoms with van der Waals surface area (Å²) in [4.78, 5) is 78.2. The summed E-state index contributed by atoms with van der Waals surface area (Å²) in [5, 5.41) is 10.4. The van der Waals surface area contributed by atoms with Gasteiger partial charge in [-0.15, -0.1) is 0 Å². The van der Waals surface area contributed by atoms with E-state index in [1.54, 1.807) is 28.8 Å². The third-order valence-corrected chi connectivity index (χ3v) is 11.9. The van der Waals surface area contributed by atoms with Crippen LogP contribution in [0.1, 0.15) is 61.4 Å². The number of hydrogen-bond acceptors (Lipinski definition) is 11. The van der Waals surface area contributed by atoms with Crippen molar-refractivity contribution in [1.29, 1.82) is 0 Å². The molecule has 3 N–H and O–H groups in total. The number of ether oxygens (including phenoxy) is 1. The number of rotatable bonds is 10. The number of aromatic nitrogens is 3. The zero-order valence-corrected chi connectivity index (χ0v) is 32.8. The molecule has 0 saturated carbocycles. The van der Waals surface area contributed by atoms with E-state index in [0.29, 0.717) is 79.5 Å². The number of imide groups is 1. The molecule has 4 aromatic rings. The summed E-state index contributed by atoms with van der Waals surface area (Å²) in [6.07, 6.45) is 5.38. The number of carbonyl (C=O) groups excluding carboxylic acids is 4. The number of pyridine rings is 1. The fraction of sp³-hybridized carbons (Fsp3) is 0.439. The number of benzene rings is 2. The van der Waals surface area contributed by atoms with Crippen LogP contribution < -0.4 is 31.1 Å². The molecule has 16 heteroatoms. The number of aryl methyl sites for hydroxylation is 1. The SMILES string of the molecule is CCOc1cc2cc(Nc3nc(N4CCC(C(=O)N5CCC(CNc6ccc7c(c6)CN(C6CCC(=O)NC6=O)C7=O)CC5)CC4)ncc3Cl)ccc2n(C)c1=O. The lowest BCUT2D eigenvalue weighted by Gasteiger charge is -2.37. The largest absolute Gasteiger partial charge is 0.488 e. The zero-order valence-electron chi connectivity index (χ0n) is 32.1. The second-order valence-electron chi connectivity index (χ2n) is 15.3. The summed E-state index contributed by atoms with van der Waals surface area (Å²) >= 11 is 6.53. The van der Waals surface area contributed by atoms with Gasteiger partial charge in [-0.1, -0.05) is 11.6 Å². The number of likely N-dealkylation sites (tertiary alicyclic amines) is 1. The molecule has 2 aromatic carbocycles. The van der Waals surface area contributed by atoms with Crippen LogP contribution >= 0.6 is 11.6 Å². The van der Waals surface area contributed by atoms with Gasteiger partial charge in [0.1, 0.15) is 11.1 Å². The number of amides is 4. The van der Waals surface area contributed by atoms with Gasteiger partial charge in [0.05, 0.1) is 18.3 Å². The number of halogens is 1. The number of fused-ring (bicyclic) bond motifs is 2. The minimum atomic E-state index is -0.632. The minimum Gasteiger partial charge on any atom is -0.488 e. The van der Waals surface area contributed by atoms with E-state index >= 15 is 0 Å². The molecule has 0 bridgehead atoms. The molecular weight excluding hydrogens is 750 g/mol. The van der Waals surface area contributed by atoms with Crippen LogP contribution in [0.3, 0.4) is 0 Å². The highest BCUT2D eigenvalue weighted by Crippen LogP contribution is 2.32. The molecule has 1 atom stereocenters. The van der Waals surface area contributed by atoms with E-state index in [0.717, 1.165) is 60.3 Å². The van der Waals surface area contributed by atoms with Crippen molar-refractivity contribution in [2.75, 3.05) is 54.9 Å². The Balaban J connectivity index is 0.808. The number of nitrogens with zero attached hydrogens (tertiary/aromatic N) is 6. The van der Waals surface area contributed by atoms with E-state index in [4.69, 9.17) is 21.3 Å². The topological polar surface area (TPSA) is 171 Å². The Hall–Kier alpha value is -5.70. The summed E-state index contributed by atoms with van der Waals surface area (Å²) in [6.45, 7) is 6.09. The average Bonchev–Trinajstić information content (AvgIpc) is 3.54. The van der Waals surface area contributed by atoms with Crippen LogP contribution in [0.5, 0.6) is 5.75 Å². The first-order chi connectivity index (χ1) is 27.6. The Bertz CT molecular complexity index is 2300. The molecule has 57 heavy (non-hydrogen) atoms. The second kappa shape index (κ2) is 16.0. The Morgan fingerprint density at radius 3 is 2.49 bits per heavy atom. The van der Waals surface area contributed by atoms with Crippen molar-refractivity contribution in [2.45, 2.75) is 58.0 Å². The van der Waals surface area contributed by atoms with Crippen LogP contribution in [0, 0.1) is 11.8 Å². The average molecular weight is 796 g/mol. The molecule has 1 unspecified atom stereocenters. The highest BCUT2D eigenvalue weighted by molar-refractivity contribution is 6.33. The number of nitrogens with one attached hydrogen (secondary N) is 3. The Morgan fingerprint density at radius 1 is 0.965 bits per heavy atom. The molecule has 6 heterocycles. The molecule has 0 aliphatic carbocycles. The van der Waals surface area contributed by atoms with Gasteiger partial charge < -0.3 is 34.6 Å². The predicted molar refractivity (Wildman–Crippen MR) is 216 cm³/mol. The normalized spacial score (nSPS) is 19.2. The molecule has 298 valence electrons. The van der Waals surface area contributed by atoms with Crippen LogP contribution in [0.2, 0.25) is 5.02 Å². The van der Waals surface area contributed by atoms with Gasteiger partial charge in [0, 0.05) is 81.0 Å². The predicted octanol–water partition coefficient (Wildman–Crippen LogP) is 4.45. The van der Waals surface area contributed by atoms with Gasteiger partial charge in [-0.05, 0) is 93.0 Å². The van der Waals surface area contributed by atoms with Gasteiger partial charge in [0.25, 0.3) is 11.5 Å². The van der Waals surface area contributed by atoms with Crippen molar-refractivity contribution >= 4 is 69.3 Å². The first-order valence-electron chi connectivity index (χ1n) is 19.7. The first kappa shape index (κ1) is 38.2. The number of hydrogen-bond donors (Lipinski definition) is 3. The lowest BCUT2D eigenvalue weighted by molar-refractivity contribution is -0.138. The van der Waals surface area contributed by atoms with E-state index in [1.807, 2.05) is 48.2 Å². The minimum absolute atomic E-state index is 0.0511. The molecule has 8 rings (SSSR count). The molecule has 4 aliphatic rings. The fourth-order valence-corrected chi connectivity index (χ4v) is 8.55. The number of anilines is 4. The summed E-state index contributed by atoms with van der Waals surface area (Å²) in [5.74, 6) is 0.986. The van der Waals surface area contributed by atoms with E-state index in [-0.39, 0.29) is 35.6 Å². The lowest BCUT2D eigenvalue weighted by atomic mass is 9.92. The van der Waals surface area contributed by atoms with Crippen LogP contribution in [0.25, 0.3) is 10.9 Å². The summed E-state index contributed by atoms with van der Waals surface area (Å²) < 4.78 is 7.12. The molecule has 0 radical (unpaired) electrons. The van der Waals surface area contributed by atoms with Crippen LogP contribution in [0.15, 0.2) is 53.5 Å². The summed E-state index contributed by atoms with van der Waals surface area (Å²) in [5.41, 5.74) is 3.72. The molecule has 3 fully saturated rings. The molecule has 15 nitrogen and oxygen atoms in total.